The van der Waals surface area contributed by atoms with Crippen molar-refractivity contribution in [1.82, 2.24) is 4.90 Å². The first-order valence-electron chi connectivity index (χ1n) is 10.6. The number of likely N-dealkylation sites (N-methyl/N-ethyl adjacent to an activating group) is 1. The summed E-state index contributed by atoms with van der Waals surface area (Å²) >= 11 is 5.99. The Morgan fingerprint density at radius 1 is 1.16 bits per heavy atom. The van der Waals surface area contributed by atoms with Gasteiger partial charge in [0.05, 0.1) is 25.4 Å². The number of rotatable bonds is 9. The van der Waals surface area contributed by atoms with Crippen molar-refractivity contribution in [2.45, 2.75) is 44.6 Å². The Hall–Kier alpha value is -2.73. The molecule has 0 atom stereocenters. The van der Waals surface area contributed by atoms with Gasteiger partial charge in [-0.2, -0.15) is 0 Å². The van der Waals surface area contributed by atoms with Gasteiger partial charge in [-0.25, -0.2) is 0 Å². The smallest absolute Gasteiger partial charge is 0.244 e. The minimum atomic E-state index is -0.316. The van der Waals surface area contributed by atoms with Gasteiger partial charge in [-0.15, -0.1) is 0 Å². The summed E-state index contributed by atoms with van der Waals surface area (Å²) in [6.07, 6.45) is 5.88. The number of benzene rings is 2. The van der Waals surface area contributed by atoms with Gasteiger partial charge in [-0.3, -0.25) is 9.59 Å². The molecule has 7 heteroatoms. The fraction of sp³-hybridized carbons (Fsp3) is 0.417. The summed E-state index contributed by atoms with van der Waals surface area (Å²) in [5.74, 6) is 0.949. The average molecular weight is 445 g/mol. The Kier molecular flexibility index (Phi) is 8.18. The van der Waals surface area contributed by atoms with Gasteiger partial charge < -0.3 is 19.7 Å². The fourth-order valence-corrected chi connectivity index (χ4v) is 3.86. The van der Waals surface area contributed by atoms with Crippen LogP contribution in [0.25, 0.3) is 0 Å². The Morgan fingerprint density at radius 3 is 2.68 bits per heavy atom. The number of hydrogen-bond donors (Lipinski definition) is 1. The van der Waals surface area contributed by atoms with E-state index < -0.39 is 0 Å². The molecular weight excluding hydrogens is 416 g/mol. The Morgan fingerprint density at radius 2 is 1.94 bits per heavy atom. The van der Waals surface area contributed by atoms with E-state index in [4.69, 9.17) is 21.1 Å². The predicted molar refractivity (Wildman–Crippen MR) is 122 cm³/mol. The van der Waals surface area contributed by atoms with E-state index in [0.717, 1.165) is 24.2 Å². The first-order valence-corrected chi connectivity index (χ1v) is 11.0. The SMILES string of the molecule is COc1ccc(Cl)cc1NC(=O)CN(C)C(=O)CCc1cccc(OC2CCCC2)c1. The van der Waals surface area contributed by atoms with Crippen molar-refractivity contribution in [2.75, 3.05) is 26.0 Å². The zero-order valence-corrected chi connectivity index (χ0v) is 18.8. The molecule has 1 saturated carbocycles. The summed E-state index contributed by atoms with van der Waals surface area (Å²) in [6.45, 7) is -0.0562. The molecule has 1 N–H and O–H groups in total. The van der Waals surface area contributed by atoms with Crippen molar-refractivity contribution >= 4 is 29.1 Å². The maximum Gasteiger partial charge on any atom is 0.244 e. The second-order valence-corrected chi connectivity index (χ2v) is 8.25. The van der Waals surface area contributed by atoms with Gasteiger partial charge in [0.25, 0.3) is 0 Å². The maximum absolute atomic E-state index is 12.5. The molecule has 0 bridgehead atoms. The summed E-state index contributed by atoms with van der Waals surface area (Å²) in [5, 5.41) is 3.23. The molecular formula is C24H29ClN2O4. The van der Waals surface area contributed by atoms with Gasteiger partial charge in [-0.1, -0.05) is 23.7 Å². The van der Waals surface area contributed by atoms with Crippen LogP contribution in [0.2, 0.25) is 5.02 Å². The fourth-order valence-electron chi connectivity index (χ4n) is 3.69. The standard InChI is InChI=1S/C24H29ClN2O4/c1-27(16-23(28)26-21-15-18(25)11-12-22(21)30-2)24(29)13-10-17-6-5-9-20(14-17)31-19-7-3-4-8-19/h5-6,9,11-12,14-15,19H,3-4,7-8,10,13,16H2,1-2H3,(H,26,28). The van der Waals surface area contributed by atoms with Crippen LogP contribution in [0.3, 0.4) is 0 Å². The Bertz CT molecular complexity index is 912. The molecule has 1 aliphatic rings. The molecule has 0 saturated heterocycles. The lowest BCUT2D eigenvalue weighted by Gasteiger charge is -2.18. The molecule has 0 aromatic heterocycles. The lowest BCUT2D eigenvalue weighted by Crippen LogP contribution is -2.35. The summed E-state index contributed by atoms with van der Waals surface area (Å²) < 4.78 is 11.3. The monoisotopic (exact) mass is 444 g/mol. The van der Waals surface area contributed by atoms with E-state index in [9.17, 15) is 9.59 Å². The molecule has 6 nitrogen and oxygen atoms in total. The van der Waals surface area contributed by atoms with Crippen molar-refractivity contribution < 1.29 is 19.1 Å². The molecule has 166 valence electrons. The van der Waals surface area contributed by atoms with Gasteiger partial charge in [-0.05, 0) is 68.0 Å². The van der Waals surface area contributed by atoms with Crippen LogP contribution < -0.4 is 14.8 Å². The topological polar surface area (TPSA) is 67.9 Å². The highest BCUT2D eigenvalue weighted by molar-refractivity contribution is 6.31. The van der Waals surface area contributed by atoms with E-state index in [2.05, 4.69) is 5.32 Å². The number of carbonyl (C=O) groups excluding carboxylic acids is 2. The number of nitrogens with zero attached hydrogens (tertiary/aromatic N) is 1. The number of carbonyl (C=O) groups is 2. The molecule has 0 aliphatic heterocycles. The number of ether oxygens (including phenoxy) is 2. The minimum Gasteiger partial charge on any atom is -0.495 e. The highest BCUT2D eigenvalue weighted by Gasteiger charge is 2.17. The van der Waals surface area contributed by atoms with Crippen LogP contribution in [-0.4, -0.2) is 43.5 Å². The van der Waals surface area contributed by atoms with Crippen molar-refractivity contribution in [3.05, 3.63) is 53.1 Å². The molecule has 0 spiro atoms. The first kappa shape index (κ1) is 22.9. The molecule has 1 fully saturated rings. The Labute approximate surface area is 188 Å². The molecule has 2 aromatic rings. The van der Waals surface area contributed by atoms with Crippen LogP contribution in [0.15, 0.2) is 42.5 Å². The molecule has 0 radical (unpaired) electrons. The van der Waals surface area contributed by atoms with E-state index in [0.29, 0.717) is 35.4 Å². The van der Waals surface area contributed by atoms with Gasteiger partial charge in [0.2, 0.25) is 11.8 Å². The van der Waals surface area contributed by atoms with Crippen LogP contribution in [0.1, 0.15) is 37.7 Å². The van der Waals surface area contributed by atoms with Crippen molar-refractivity contribution in [2.24, 2.45) is 0 Å². The zero-order chi connectivity index (χ0) is 22.2. The van der Waals surface area contributed by atoms with Gasteiger partial charge >= 0.3 is 0 Å². The summed E-state index contributed by atoms with van der Waals surface area (Å²) in [4.78, 5) is 26.3. The molecule has 31 heavy (non-hydrogen) atoms. The van der Waals surface area contributed by atoms with E-state index >= 15 is 0 Å². The summed E-state index contributed by atoms with van der Waals surface area (Å²) in [6, 6.07) is 12.9. The second kappa shape index (κ2) is 11.0. The van der Waals surface area contributed by atoms with Crippen LogP contribution in [-0.2, 0) is 16.0 Å². The third-order valence-corrected chi connectivity index (χ3v) is 5.61. The number of aryl methyl sites for hydroxylation is 1. The van der Waals surface area contributed by atoms with E-state index in [1.54, 1.807) is 25.2 Å². The Balaban J connectivity index is 1.48. The molecule has 0 unspecified atom stereocenters. The van der Waals surface area contributed by atoms with Gasteiger partial charge in [0, 0.05) is 18.5 Å². The first-order chi connectivity index (χ1) is 14.9. The highest BCUT2D eigenvalue weighted by Crippen LogP contribution is 2.28. The molecule has 0 heterocycles. The van der Waals surface area contributed by atoms with Crippen molar-refractivity contribution in [1.29, 1.82) is 0 Å². The van der Waals surface area contributed by atoms with Crippen molar-refractivity contribution in [3.8, 4) is 11.5 Å². The van der Waals surface area contributed by atoms with Gasteiger partial charge in [0.15, 0.2) is 0 Å². The summed E-state index contributed by atoms with van der Waals surface area (Å²) in [5.41, 5.74) is 1.52. The largest absolute Gasteiger partial charge is 0.495 e. The van der Waals surface area contributed by atoms with Gasteiger partial charge in [0.1, 0.15) is 11.5 Å². The lowest BCUT2D eigenvalue weighted by atomic mass is 10.1. The third-order valence-electron chi connectivity index (χ3n) is 5.37. The number of anilines is 1. The highest BCUT2D eigenvalue weighted by atomic mass is 35.5. The van der Waals surface area contributed by atoms with Crippen LogP contribution in [0, 0.1) is 0 Å². The maximum atomic E-state index is 12.5. The molecule has 2 aromatic carbocycles. The normalized spacial score (nSPS) is 13.6. The average Bonchev–Trinajstić information content (AvgIpc) is 3.25. The molecule has 3 rings (SSSR count). The predicted octanol–water partition coefficient (Wildman–Crippen LogP) is 4.70. The third kappa shape index (κ3) is 6.89. The van der Waals surface area contributed by atoms with Crippen LogP contribution in [0.4, 0.5) is 5.69 Å². The number of methoxy groups -OCH3 is 1. The summed E-state index contributed by atoms with van der Waals surface area (Å²) in [7, 11) is 3.14. The van der Waals surface area contributed by atoms with E-state index in [1.165, 1.54) is 24.9 Å². The molecule has 1 aliphatic carbocycles. The number of hydrogen-bond acceptors (Lipinski definition) is 4. The van der Waals surface area contributed by atoms with E-state index in [-0.39, 0.29) is 18.4 Å². The zero-order valence-electron chi connectivity index (χ0n) is 18.0. The van der Waals surface area contributed by atoms with E-state index in [1.807, 2.05) is 24.3 Å². The van der Waals surface area contributed by atoms with Crippen LogP contribution in [0.5, 0.6) is 11.5 Å². The molecule has 2 amide bonds. The quantitative estimate of drug-likeness (QED) is 0.608. The lowest BCUT2D eigenvalue weighted by molar-refractivity contribution is -0.133. The second-order valence-electron chi connectivity index (χ2n) is 7.81. The number of amides is 2. The van der Waals surface area contributed by atoms with Crippen molar-refractivity contribution in [3.63, 3.8) is 0 Å². The minimum absolute atomic E-state index is 0.0562. The number of halogens is 1. The van der Waals surface area contributed by atoms with Crippen LogP contribution >= 0.6 is 11.6 Å². The number of nitrogens with one attached hydrogen (secondary N) is 1.